The van der Waals surface area contributed by atoms with Gasteiger partial charge in [-0.2, -0.15) is 13.2 Å². The number of carbonyl (C=O) groups excluding carboxylic acids is 1. The highest BCUT2D eigenvalue weighted by Gasteiger charge is 2.31. The van der Waals surface area contributed by atoms with Gasteiger partial charge in [-0.15, -0.1) is 4.91 Å². The van der Waals surface area contributed by atoms with E-state index in [1.54, 1.807) is 0 Å². The Labute approximate surface area is 154 Å². The zero-order valence-electron chi connectivity index (χ0n) is 14.9. The zero-order chi connectivity index (χ0) is 20.5. The number of hydrogen-bond acceptors (Lipinski definition) is 3. The first-order chi connectivity index (χ1) is 12.7. The highest BCUT2D eigenvalue weighted by molar-refractivity contribution is 5.46. The molecule has 0 radical (unpaired) electrons. The van der Waals surface area contributed by atoms with Gasteiger partial charge in [0.05, 0.1) is 5.56 Å². The summed E-state index contributed by atoms with van der Waals surface area (Å²) in [6, 6.07) is 11.7. The minimum absolute atomic E-state index is 0.197. The lowest BCUT2D eigenvalue weighted by molar-refractivity contribution is -0.137. The fourth-order valence-corrected chi connectivity index (χ4v) is 2.16. The molecule has 0 aliphatic carbocycles. The van der Waals surface area contributed by atoms with E-state index in [1.807, 2.05) is 44.2 Å². The van der Waals surface area contributed by atoms with E-state index in [1.165, 1.54) is 0 Å². The Balaban J connectivity index is 0.000000277. The van der Waals surface area contributed by atoms with E-state index < -0.39 is 23.1 Å². The van der Waals surface area contributed by atoms with Gasteiger partial charge in [-0.1, -0.05) is 42.4 Å². The molecule has 1 atom stereocenters. The molecule has 0 saturated heterocycles. The predicted octanol–water partition coefficient (Wildman–Crippen LogP) is 5.17. The van der Waals surface area contributed by atoms with Crippen LogP contribution in [0.15, 0.2) is 53.7 Å². The minimum atomic E-state index is -4.51. The van der Waals surface area contributed by atoms with E-state index in [9.17, 15) is 27.3 Å². The van der Waals surface area contributed by atoms with Crippen LogP contribution in [0.2, 0.25) is 0 Å². The lowest BCUT2D eigenvalue weighted by Crippen LogP contribution is -2.16. The summed E-state index contributed by atoms with van der Waals surface area (Å²) in [4.78, 5) is 20.5. The van der Waals surface area contributed by atoms with E-state index in [-0.39, 0.29) is 12.1 Å². The van der Waals surface area contributed by atoms with Gasteiger partial charge in [0, 0.05) is 12.1 Å². The third-order valence-electron chi connectivity index (χ3n) is 4.03. The van der Waals surface area contributed by atoms with Crippen molar-refractivity contribution in [2.24, 2.45) is 5.18 Å². The normalized spacial score (nSPS) is 13.0. The van der Waals surface area contributed by atoms with E-state index in [2.05, 4.69) is 10.5 Å². The second-order valence-corrected chi connectivity index (χ2v) is 5.89. The molecule has 1 N–H and O–H groups in total. The van der Waals surface area contributed by atoms with Crippen molar-refractivity contribution in [2.45, 2.75) is 38.5 Å². The smallest absolute Gasteiger partial charge is 0.354 e. The lowest BCUT2D eigenvalue weighted by atomic mass is 9.91. The summed E-state index contributed by atoms with van der Waals surface area (Å²) < 4.78 is 49.6. The molecule has 2 rings (SSSR count). The van der Waals surface area contributed by atoms with Gasteiger partial charge in [0.15, 0.2) is 0 Å². The molecule has 2 aromatic carbocycles. The summed E-state index contributed by atoms with van der Waals surface area (Å²) in [6.45, 7) is 3.56. The van der Waals surface area contributed by atoms with Crippen LogP contribution >= 0.6 is 0 Å². The van der Waals surface area contributed by atoms with Gasteiger partial charge in [-0.05, 0) is 37.1 Å². The number of alkyl halides is 3. The van der Waals surface area contributed by atoms with Crippen LogP contribution in [0.1, 0.15) is 37.0 Å². The van der Waals surface area contributed by atoms with Gasteiger partial charge in [-0.25, -0.2) is 4.39 Å². The molecular weight excluding hydrogens is 364 g/mol. The van der Waals surface area contributed by atoms with Crippen LogP contribution < -0.4 is 5.32 Å². The second-order valence-electron chi connectivity index (χ2n) is 5.89. The van der Waals surface area contributed by atoms with Crippen LogP contribution in [0, 0.1) is 10.7 Å². The molecule has 1 amide bonds. The van der Waals surface area contributed by atoms with Crippen LogP contribution in [0.25, 0.3) is 0 Å². The Kier molecular flexibility index (Phi) is 8.08. The molecule has 4 nitrogen and oxygen atoms in total. The number of hydrogen-bond donors (Lipinski definition) is 1. The molecule has 146 valence electrons. The van der Waals surface area contributed by atoms with Crippen molar-refractivity contribution < 1.29 is 22.4 Å². The third kappa shape index (κ3) is 6.47. The van der Waals surface area contributed by atoms with Crippen molar-refractivity contribution in [1.82, 2.24) is 5.32 Å². The number of nitrogens with zero attached hydrogens (tertiary/aromatic N) is 1. The Morgan fingerprint density at radius 3 is 2.19 bits per heavy atom. The van der Waals surface area contributed by atoms with E-state index >= 15 is 0 Å². The van der Waals surface area contributed by atoms with Crippen molar-refractivity contribution in [3.05, 3.63) is 75.9 Å². The fraction of sp³-hybridized carbons (Fsp3) is 0.316. The van der Waals surface area contributed by atoms with Crippen LogP contribution in [-0.2, 0) is 23.1 Å². The van der Waals surface area contributed by atoms with Crippen LogP contribution in [0.5, 0.6) is 0 Å². The number of rotatable bonds is 6. The lowest BCUT2D eigenvalue weighted by Gasteiger charge is -2.19. The second kappa shape index (κ2) is 9.80. The standard InChI is InChI=1S/C10H13NO.C9H7F4NO/c1-3-10(2,11-12)9-7-5-4-6-8-9;10-8-2-1-7(9(11,12)13)3-6(8)4-14-5-15/h4-8H,3H2,1-2H3;1-3,5H,4H2,(H,14,15). The average Bonchev–Trinajstić information content (AvgIpc) is 2.67. The molecule has 0 spiro atoms. The Hall–Kier alpha value is -2.77. The fourth-order valence-electron chi connectivity index (χ4n) is 2.16. The van der Waals surface area contributed by atoms with Crippen molar-refractivity contribution in [3.63, 3.8) is 0 Å². The maximum atomic E-state index is 13.0. The van der Waals surface area contributed by atoms with Gasteiger partial charge in [0.2, 0.25) is 6.41 Å². The van der Waals surface area contributed by atoms with E-state index in [0.29, 0.717) is 18.5 Å². The monoisotopic (exact) mass is 384 g/mol. The summed E-state index contributed by atoms with van der Waals surface area (Å²) in [5.41, 5.74) is -0.702. The molecule has 0 aromatic heterocycles. The largest absolute Gasteiger partial charge is 0.416 e. The molecule has 8 heteroatoms. The molecule has 0 saturated carbocycles. The summed E-state index contributed by atoms with van der Waals surface area (Å²) in [7, 11) is 0. The maximum Gasteiger partial charge on any atom is 0.416 e. The van der Waals surface area contributed by atoms with Gasteiger partial charge < -0.3 is 5.32 Å². The molecular formula is C19H20F4N2O2. The number of carbonyl (C=O) groups is 1. The number of halogens is 4. The first-order valence-corrected chi connectivity index (χ1v) is 8.10. The summed E-state index contributed by atoms with van der Waals surface area (Å²) in [5, 5.41) is 5.25. The molecule has 1 unspecified atom stereocenters. The topological polar surface area (TPSA) is 58.5 Å². The molecule has 27 heavy (non-hydrogen) atoms. The van der Waals surface area contributed by atoms with Crippen molar-refractivity contribution in [2.75, 3.05) is 0 Å². The molecule has 0 fully saturated rings. The molecule has 0 bridgehead atoms. The highest BCUT2D eigenvalue weighted by Crippen LogP contribution is 2.30. The molecule has 0 aliphatic heterocycles. The number of amides is 1. The van der Waals surface area contributed by atoms with Crippen LogP contribution in [-0.4, -0.2) is 6.41 Å². The van der Waals surface area contributed by atoms with Gasteiger partial charge >= 0.3 is 6.18 Å². The number of nitroso groups, excluding NO2 is 1. The Bertz CT molecular complexity index is 751. The third-order valence-corrected chi connectivity index (χ3v) is 4.03. The summed E-state index contributed by atoms with van der Waals surface area (Å²) >= 11 is 0. The van der Waals surface area contributed by atoms with Crippen LogP contribution in [0.3, 0.4) is 0 Å². The average molecular weight is 384 g/mol. The van der Waals surface area contributed by atoms with Crippen LogP contribution in [0.4, 0.5) is 17.6 Å². The summed E-state index contributed by atoms with van der Waals surface area (Å²) in [5.74, 6) is -0.780. The summed E-state index contributed by atoms with van der Waals surface area (Å²) in [6.07, 6.45) is -3.48. The van der Waals surface area contributed by atoms with E-state index in [4.69, 9.17) is 0 Å². The van der Waals surface area contributed by atoms with Crippen molar-refractivity contribution >= 4 is 6.41 Å². The van der Waals surface area contributed by atoms with Gasteiger partial charge in [-0.3, -0.25) is 4.79 Å². The van der Waals surface area contributed by atoms with Crippen molar-refractivity contribution in [3.8, 4) is 0 Å². The first-order valence-electron chi connectivity index (χ1n) is 8.10. The Morgan fingerprint density at radius 2 is 1.70 bits per heavy atom. The van der Waals surface area contributed by atoms with Gasteiger partial charge in [0.1, 0.15) is 11.4 Å². The minimum Gasteiger partial charge on any atom is -0.354 e. The van der Waals surface area contributed by atoms with Gasteiger partial charge in [0.25, 0.3) is 0 Å². The predicted molar refractivity (Wildman–Crippen MR) is 94.2 cm³/mol. The quantitative estimate of drug-likeness (QED) is 0.424. The van der Waals surface area contributed by atoms with E-state index in [0.717, 1.165) is 18.1 Å². The SMILES string of the molecule is CCC(C)(N=O)c1ccccc1.O=CNCc1cc(C(F)(F)F)ccc1F. The highest BCUT2D eigenvalue weighted by atomic mass is 19.4. The first kappa shape index (κ1) is 22.3. The maximum absolute atomic E-state index is 13.0. The number of nitrogens with one attached hydrogen (secondary N) is 1. The Morgan fingerprint density at radius 1 is 1.07 bits per heavy atom. The molecule has 0 heterocycles. The molecule has 2 aromatic rings. The zero-order valence-corrected chi connectivity index (χ0v) is 14.9. The molecule has 0 aliphatic rings. The van der Waals surface area contributed by atoms with Crippen molar-refractivity contribution in [1.29, 1.82) is 0 Å². The number of benzene rings is 2.